The Morgan fingerprint density at radius 1 is 0.979 bits per heavy atom. The van der Waals surface area contributed by atoms with E-state index in [0.717, 1.165) is 12.8 Å². The number of nitrogens with one attached hydrogen (secondary N) is 2. The molecule has 0 bridgehead atoms. The van der Waals surface area contributed by atoms with E-state index in [1.54, 1.807) is 70.2 Å². The van der Waals surface area contributed by atoms with E-state index >= 15 is 0 Å². The van der Waals surface area contributed by atoms with Crippen LogP contribution in [0.4, 0.5) is 5.69 Å². The number of benzene rings is 1. The third kappa shape index (κ3) is 11.3. The lowest BCUT2D eigenvalue weighted by Gasteiger charge is -2.41. The second-order valence-corrected chi connectivity index (χ2v) is 12.7. The van der Waals surface area contributed by atoms with Gasteiger partial charge in [-0.2, -0.15) is 0 Å². The van der Waals surface area contributed by atoms with E-state index < -0.39 is 71.9 Å². The van der Waals surface area contributed by atoms with Crippen molar-refractivity contribution >= 4 is 35.4 Å². The molecule has 5 atom stereocenters. The van der Waals surface area contributed by atoms with Gasteiger partial charge >= 0.3 is 17.9 Å². The van der Waals surface area contributed by atoms with Crippen molar-refractivity contribution in [1.82, 2.24) is 15.4 Å². The molecule has 0 aliphatic heterocycles. The van der Waals surface area contributed by atoms with Gasteiger partial charge in [-0.05, 0) is 64.7 Å². The SMILES string of the molecule is CCCC[C@H](C)[C@@H](O)CC(=O)ON(C(=O)[C@H](C)Nc1cccnc1)[C@@](Cc1ccccc1)(C(=O)N[C@@H](C)C(=O)O)C(=O)OC(C)(C)C. The van der Waals surface area contributed by atoms with Crippen LogP contribution in [0, 0.1) is 5.92 Å². The highest BCUT2D eigenvalue weighted by Crippen LogP contribution is 2.30. The summed E-state index contributed by atoms with van der Waals surface area (Å²) in [6, 6.07) is 8.70. The minimum Gasteiger partial charge on any atom is -0.480 e. The maximum atomic E-state index is 14.4. The molecule has 13 heteroatoms. The second-order valence-electron chi connectivity index (χ2n) is 12.7. The van der Waals surface area contributed by atoms with Crippen molar-refractivity contribution < 1.29 is 43.8 Å². The molecule has 2 rings (SSSR count). The van der Waals surface area contributed by atoms with Crippen LogP contribution in [0.2, 0.25) is 0 Å². The van der Waals surface area contributed by atoms with Gasteiger partial charge in [0.1, 0.15) is 17.7 Å². The molecule has 0 unspecified atom stereocenters. The van der Waals surface area contributed by atoms with E-state index in [2.05, 4.69) is 15.6 Å². The van der Waals surface area contributed by atoms with E-state index in [-0.39, 0.29) is 5.92 Å². The zero-order valence-corrected chi connectivity index (χ0v) is 28.2. The van der Waals surface area contributed by atoms with Gasteiger partial charge in [-0.25, -0.2) is 9.59 Å². The summed E-state index contributed by atoms with van der Waals surface area (Å²) in [5.74, 6) is -6.36. The predicted octanol–water partition coefficient (Wildman–Crippen LogP) is 3.66. The Kier molecular flexibility index (Phi) is 14.3. The average molecular weight is 657 g/mol. The van der Waals surface area contributed by atoms with Gasteiger partial charge in [0, 0.05) is 18.8 Å². The Hall–Kier alpha value is -4.52. The first-order valence-corrected chi connectivity index (χ1v) is 15.7. The Morgan fingerprint density at radius 2 is 1.64 bits per heavy atom. The van der Waals surface area contributed by atoms with Crippen LogP contribution in [0.1, 0.15) is 79.7 Å². The molecule has 1 heterocycles. The zero-order valence-electron chi connectivity index (χ0n) is 28.2. The summed E-state index contributed by atoms with van der Waals surface area (Å²) in [7, 11) is 0. The topological polar surface area (TPSA) is 184 Å². The summed E-state index contributed by atoms with van der Waals surface area (Å²) < 4.78 is 5.70. The Labute approximate surface area is 276 Å². The lowest BCUT2D eigenvalue weighted by atomic mass is 9.87. The van der Waals surface area contributed by atoms with Crippen molar-refractivity contribution in [1.29, 1.82) is 0 Å². The number of ether oxygens (including phenoxy) is 1. The number of hydrogen-bond donors (Lipinski definition) is 4. The first kappa shape index (κ1) is 38.7. The van der Waals surface area contributed by atoms with Crippen LogP contribution in [-0.4, -0.2) is 79.3 Å². The maximum absolute atomic E-state index is 14.4. The number of nitrogens with zero attached hydrogens (tertiary/aromatic N) is 2. The molecule has 0 saturated heterocycles. The lowest BCUT2D eigenvalue weighted by Crippen LogP contribution is -2.70. The molecule has 0 spiro atoms. The molecule has 0 radical (unpaired) electrons. The number of aliphatic hydroxyl groups is 1. The van der Waals surface area contributed by atoms with E-state index in [0.29, 0.717) is 22.7 Å². The number of esters is 1. The lowest BCUT2D eigenvalue weighted by molar-refractivity contribution is -0.231. The minimum absolute atomic E-state index is 0.294. The molecule has 2 aromatic rings. The van der Waals surface area contributed by atoms with Crippen molar-refractivity contribution in [3.05, 3.63) is 60.4 Å². The molecule has 2 amide bonds. The number of carboxylic acid groups (broad SMARTS) is 1. The fourth-order valence-electron chi connectivity index (χ4n) is 4.60. The van der Waals surface area contributed by atoms with Crippen LogP contribution in [0.25, 0.3) is 0 Å². The number of amides is 2. The first-order chi connectivity index (χ1) is 22.0. The van der Waals surface area contributed by atoms with Crippen molar-refractivity contribution in [2.24, 2.45) is 5.92 Å². The standard InChI is InChI=1S/C34H48N4O9/c1-8-9-14-22(2)27(39)19-28(40)47-38(29(41)23(3)36-26-17-13-18-35-21-26)34(32(45)46-33(5,6)7,20-25-15-11-10-12-16-25)31(44)37-24(4)30(42)43/h10-13,15-18,21-24,27,36,39H,8-9,14,19-20H2,1-7H3,(H,37,44)(H,42,43)/t22-,23-,24-,27-,34-/m0/s1. The Balaban J connectivity index is 2.79. The normalized spacial score (nSPS) is 15.1. The van der Waals surface area contributed by atoms with Crippen molar-refractivity contribution in [2.75, 3.05) is 5.32 Å². The number of carbonyl (C=O) groups excluding carboxylic acids is 4. The maximum Gasteiger partial charge on any atom is 0.346 e. The van der Waals surface area contributed by atoms with Crippen LogP contribution in [0.15, 0.2) is 54.9 Å². The second kappa shape index (κ2) is 17.4. The molecule has 47 heavy (non-hydrogen) atoms. The number of anilines is 1. The summed E-state index contributed by atoms with van der Waals surface area (Å²) in [6.07, 6.45) is 3.04. The Bertz CT molecular complexity index is 1350. The number of hydroxylamine groups is 2. The molecule has 13 nitrogen and oxygen atoms in total. The van der Waals surface area contributed by atoms with Crippen molar-refractivity contribution in [3.63, 3.8) is 0 Å². The van der Waals surface area contributed by atoms with E-state index in [1.807, 2.05) is 6.92 Å². The monoisotopic (exact) mass is 656 g/mol. The molecule has 0 fully saturated rings. The predicted molar refractivity (Wildman–Crippen MR) is 174 cm³/mol. The van der Waals surface area contributed by atoms with Gasteiger partial charge in [0.05, 0.1) is 18.2 Å². The highest BCUT2D eigenvalue weighted by Gasteiger charge is 2.59. The molecule has 0 saturated carbocycles. The summed E-state index contributed by atoms with van der Waals surface area (Å²) in [5.41, 5.74) is -3.17. The largest absolute Gasteiger partial charge is 0.480 e. The number of rotatable bonds is 16. The quantitative estimate of drug-likeness (QED) is 0.117. The molecule has 4 N–H and O–H groups in total. The minimum atomic E-state index is -2.76. The van der Waals surface area contributed by atoms with Gasteiger partial charge in [-0.3, -0.25) is 19.4 Å². The molecule has 0 aliphatic rings. The van der Waals surface area contributed by atoms with Gasteiger partial charge < -0.3 is 30.4 Å². The highest BCUT2D eigenvalue weighted by atomic mass is 16.7. The smallest absolute Gasteiger partial charge is 0.346 e. The number of unbranched alkanes of at least 4 members (excludes halogenated alkanes) is 1. The highest BCUT2D eigenvalue weighted by molar-refractivity contribution is 6.11. The van der Waals surface area contributed by atoms with E-state index in [9.17, 15) is 34.2 Å². The average Bonchev–Trinajstić information content (AvgIpc) is 3.00. The van der Waals surface area contributed by atoms with Crippen LogP contribution in [0.5, 0.6) is 0 Å². The fourth-order valence-corrected chi connectivity index (χ4v) is 4.60. The number of hydrogen-bond acceptors (Lipinski definition) is 10. The summed E-state index contributed by atoms with van der Waals surface area (Å²) in [6.45, 7) is 11.0. The molecular weight excluding hydrogens is 608 g/mol. The van der Waals surface area contributed by atoms with Gasteiger partial charge in [-0.15, -0.1) is 5.06 Å². The molecule has 1 aromatic heterocycles. The third-order valence-corrected chi connectivity index (χ3v) is 7.33. The number of carboxylic acids is 1. The number of pyridine rings is 1. The van der Waals surface area contributed by atoms with Crippen LogP contribution in [0.3, 0.4) is 0 Å². The molecule has 258 valence electrons. The van der Waals surface area contributed by atoms with Crippen LogP contribution >= 0.6 is 0 Å². The fraction of sp³-hybridized carbons (Fsp3) is 0.529. The van der Waals surface area contributed by atoms with Crippen LogP contribution in [-0.2, 0) is 40.0 Å². The number of carbonyl (C=O) groups is 5. The zero-order chi connectivity index (χ0) is 35.4. The third-order valence-electron chi connectivity index (χ3n) is 7.33. The van der Waals surface area contributed by atoms with Gasteiger partial charge in [-0.1, -0.05) is 57.0 Å². The molecule has 1 aromatic carbocycles. The van der Waals surface area contributed by atoms with Gasteiger partial charge in [0.15, 0.2) is 0 Å². The number of aromatic nitrogens is 1. The van der Waals surface area contributed by atoms with Crippen molar-refractivity contribution in [2.45, 2.75) is 110 Å². The summed E-state index contributed by atoms with van der Waals surface area (Å²) in [5, 5.41) is 26.0. The summed E-state index contributed by atoms with van der Waals surface area (Å²) >= 11 is 0. The first-order valence-electron chi connectivity index (χ1n) is 15.7. The molecular formula is C34H48N4O9. The van der Waals surface area contributed by atoms with E-state index in [4.69, 9.17) is 9.57 Å². The molecule has 0 aliphatic carbocycles. The van der Waals surface area contributed by atoms with Crippen molar-refractivity contribution in [3.8, 4) is 0 Å². The van der Waals surface area contributed by atoms with E-state index in [1.165, 1.54) is 26.2 Å². The Morgan fingerprint density at radius 3 is 2.19 bits per heavy atom. The number of aliphatic hydroxyl groups excluding tert-OH is 1. The summed E-state index contributed by atoms with van der Waals surface area (Å²) in [4.78, 5) is 78.0. The van der Waals surface area contributed by atoms with Crippen LogP contribution < -0.4 is 10.6 Å². The number of aliphatic carboxylic acids is 1. The van der Waals surface area contributed by atoms with Gasteiger partial charge in [0.2, 0.25) is 0 Å². The van der Waals surface area contributed by atoms with Gasteiger partial charge in [0.25, 0.3) is 17.4 Å².